The van der Waals surface area contributed by atoms with Crippen molar-refractivity contribution in [3.05, 3.63) is 52.5 Å². The third kappa shape index (κ3) is 4.39. The first-order chi connectivity index (χ1) is 13.1. The van der Waals surface area contributed by atoms with Gasteiger partial charge in [0, 0.05) is 20.6 Å². The fourth-order valence-corrected chi connectivity index (χ4v) is 4.05. The minimum atomic E-state index is -0.0297. The van der Waals surface area contributed by atoms with Gasteiger partial charge in [0.25, 0.3) is 0 Å². The van der Waals surface area contributed by atoms with E-state index in [9.17, 15) is 4.79 Å². The van der Waals surface area contributed by atoms with Crippen molar-refractivity contribution in [2.45, 2.75) is 30.7 Å². The van der Waals surface area contributed by atoms with Crippen LogP contribution in [-0.4, -0.2) is 31.9 Å². The highest BCUT2D eigenvalue weighted by Gasteiger charge is 2.28. The number of benzene rings is 2. The molecule has 3 aromatic rings. The van der Waals surface area contributed by atoms with Crippen LogP contribution < -0.4 is 5.32 Å². The molecule has 0 bridgehead atoms. The van der Waals surface area contributed by atoms with Gasteiger partial charge in [-0.2, -0.15) is 0 Å². The lowest BCUT2D eigenvalue weighted by molar-refractivity contribution is -0.113. The Kier molecular flexibility index (Phi) is 5.27. The number of tetrazole rings is 1. The van der Waals surface area contributed by atoms with Crippen LogP contribution in [0.2, 0.25) is 0 Å². The second-order valence-corrected chi connectivity index (χ2v) is 8.44. The first kappa shape index (κ1) is 18.2. The normalized spacial score (nSPS) is 13.6. The molecular weight excluding hydrogens is 426 g/mol. The summed E-state index contributed by atoms with van der Waals surface area (Å²) in [6, 6.07) is 14.1. The SMILES string of the molecule is Cc1cc(Br)ccc1SCC(=O)Nc1ccc(-c2nnnn2C2CC2)cc1. The van der Waals surface area contributed by atoms with E-state index in [0.29, 0.717) is 11.8 Å². The third-order valence-electron chi connectivity index (χ3n) is 4.31. The van der Waals surface area contributed by atoms with E-state index in [4.69, 9.17) is 0 Å². The van der Waals surface area contributed by atoms with E-state index in [1.54, 1.807) is 0 Å². The van der Waals surface area contributed by atoms with Gasteiger partial charge in [0.2, 0.25) is 5.91 Å². The third-order valence-corrected chi connectivity index (χ3v) is 5.98. The number of carbonyl (C=O) groups excluding carboxylic acids is 1. The van der Waals surface area contributed by atoms with Crippen molar-refractivity contribution in [3.8, 4) is 11.4 Å². The Bertz CT molecular complexity index is 968. The van der Waals surface area contributed by atoms with Crippen molar-refractivity contribution >= 4 is 39.3 Å². The van der Waals surface area contributed by atoms with Crippen molar-refractivity contribution < 1.29 is 4.79 Å². The van der Waals surface area contributed by atoms with Gasteiger partial charge in [-0.05, 0) is 78.2 Å². The largest absolute Gasteiger partial charge is 0.325 e. The number of anilines is 1. The summed E-state index contributed by atoms with van der Waals surface area (Å²) in [4.78, 5) is 13.4. The standard InChI is InChI=1S/C19H18BrN5OS/c1-12-10-14(20)4-9-17(12)27-11-18(26)21-15-5-2-13(3-6-15)19-22-23-24-25(19)16-7-8-16/h2-6,9-10,16H,7-8,11H2,1H3,(H,21,26). The molecular formula is C19H18BrN5OS. The summed E-state index contributed by atoms with van der Waals surface area (Å²) in [7, 11) is 0. The Hall–Kier alpha value is -2.19. The number of nitrogens with one attached hydrogen (secondary N) is 1. The van der Waals surface area contributed by atoms with Crippen molar-refractivity contribution in [1.29, 1.82) is 0 Å². The maximum atomic E-state index is 12.3. The molecule has 0 atom stereocenters. The zero-order valence-electron chi connectivity index (χ0n) is 14.7. The van der Waals surface area contributed by atoms with Gasteiger partial charge in [-0.15, -0.1) is 16.9 Å². The number of amides is 1. The maximum Gasteiger partial charge on any atom is 0.234 e. The molecule has 0 aliphatic heterocycles. The molecule has 0 radical (unpaired) electrons. The van der Waals surface area contributed by atoms with Crippen LogP contribution in [0.4, 0.5) is 5.69 Å². The Balaban J connectivity index is 1.36. The lowest BCUT2D eigenvalue weighted by Gasteiger charge is -2.08. The summed E-state index contributed by atoms with van der Waals surface area (Å²) < 4.78 is 2.92. The molecule has 1 aromatic heterocycles. The van der Waals surface area contributed by atoms with Gasteiger partial charge < -0.3 is 5.32 Å². The van der Waals surface area contributed by atoms with E-state index in [2.05, 4.69) is 36.8 Å². The number of rotatable bonds is 6. The predicted molar refractivity (Wildman–Crippen MR) is 110 cm³/mol. The second kappa shape index (κ2) is 7.82. The molecule has 1 heterocycles. The molecule has 0 spiro atoms. The number of nitrogens with zero attached hydrogens (tertiary/aromatic N) is 4. The van der Waals surface area contributed by atoms with Crippen molar-refractivity contribution in [2.24, 2.45) is 0 Å². The van der Waals surface area contributed by atoms with Crippen LogP contribution in [0, 0.1) is 6.92 Å². The molecule has 138 valence electrons. The van der Waals surface area contributed by atoms with Gasteiger partial charge in [0.1, 0.15) is 0 Å². The highest BCUT2D eigenvalue weighted by molar-refractivity contribution is 9.10. The van der Waals surface area contributed by atoms with Crippen molar-refractivity contribution in [3.63, 3.8) is 0 Å². The Morgan fingerprint density at radius 1 is 1.26 bits per heavy atom. The quantitative estimate of drug-likeness (QED) is 0.568. The van der Waals surface area contributed by atoms with E-state index >= 15 is 0 Å². The molecule has 27 heavy (non-hydrogen) atoms. The minimum absolute atomic E-state index is 0.0297. The van der Waals surface area contributed by atoms with E-state index < -0.39 is 0 Å². The zero-order valence-corrected chi connectivity index (χ0v) is 17.1. The lowest BCUT2D eigenvalue weighted by Crippen LogP contribution is -2.14. The minimum Gasteiger partial charge on any atom is -0.325 e. The van der Waals surface area contributed by atoms with Gasteiger partial charge in [-0.3, -0.25) is 4.79 Å². The van der Waals surface area contributed by atoms with Crippen LogP contribution in [0.3, 0.4) is 0 Å². The summed E-state index contributed by atoms with van der Waals surface area (Å²) in [5.41, 5.74) is 2.87. The molecule has 8 heteroatoms. The molecule has 1 N–H and O–H groups in total. The van der Waals surface area contributed by atoms with Gasteiger partial charge in [0.15, 0.2) is 5.82 Å². The molecule has 0 unspecified atom stereocenters. The molecule has 2 aromatic carbocycles. The van der Waals surface area contributed by atoms with Gasteiger partial charge in [-0.25, -0.2) is 4.68 Å². The lowest BCUT2D eigenvalue weighted by atomic mass is 10.2. The van der Waals surface area contributed by atoms with Crippen LogP contribution >= 0.6 is 27.7 Å². The van der Waals surface area contributed by atoms with E-state index in [-0.39, 0.29) is 5.91 Å². The molecule has 4 rings (SSSR count). The Morgan fingerprint density at radius 2 is 2.04 bits per heavy atom. The highest BCUT2D eigenvalue weighted by atomic mass is 79.9. The van der Waals surface area contributed by atoms with Crippen LogP contribution in [-0.2, 0) is 4.79 Å². The number of hydrogen-bond donors (Lipinski definition) is 1. The van der Waals surface area contributed by atoms with E-state index in [1.807, 2.05) is 54.1 Å². The number of thioether (sulfide) groups is 1. The number of halogens is 1. The molecule has 0 saturated heterocycles. The van der Waals surface area contributed by atoms with Crippen molar-refractivity contribution in [2.75, 3.05) is 11.1 Å². The first-order valence-corrected chi connectivity index (χ1v) is 10.4. The Morgan fingerprint density at radius 3 is 2.74 bits per heavy atom. The number of hydrogen-bond acceptors (Lipinski definition) is 5. The van der Waals surface area contributed by atoms with Crippen LogP contribution in [0.25, 0.3) is 11.4 Å². The fraction of sp³-hybridized carbons (Fsp3) is 0.263. The number of carbonyl (C=O) groups is 1. The summed E-state index contributed by atoms with van der Waals surface area (Å²) in [6.07, 6.45) is 2.25. The van der Waals surface area contributed by atoms with Gasteiger partial charge >= 0.3 is 0 Å². The topological polar surface area (TPSA) is 72.7 Å². The van der Waals surface area contributed by atoms with Gasteiger partial charge in [-0.1, -0.05) is 15.9 Å². The van der Waals surface area contributed by atoms with Crippen LogP contribution in [0.1, 0.15) is 24.4 Å². The zero-order chi connectivity index (χ0) is 18.8. The molecule has 1 aliphatic carbocycles. The smallest absolute Gasteiger partial charge is 0.234 e. The predicted octanol–water partition coefficient (Wildman–Crippen LogP) is 4.48. The number of aryl methyl sites for hydroxylation is 1. The summed E-state index contributed by atoms with van der Waals surface area (Å²) in [5, 5.41) is 14.9. The van der Waals surface area contributed by atoms with Crippen LogP contribution in [0.15, 0.2) is 51.8 Å². The molecule has 1 amide bonds. The first-order valence-electron chi connectivity index (χ1n) is 8.67. The van der Waals surface area contributed by atoms with Gasteiger partial charge in [0.05, 0.1) is 11.8 Å². The van der Waals surface area contributed by atoms with Crippen LogP contribution in [0.5, 0.6) is 0 Å². The highest BCUT2D eigenvalue weighted by Crippen LogP contribution is 2.36. The summed E-state index contributed by atoms with van der Waals surface area (Å²) >= 11 is 4.99. The average molecular weight is 444 g/mol. The molecule has 1 saturated carbocycles. The number of aromatic nitrogens is 4. The summed E-state index contributed by atoms with van der Waals surface area (Å²) in [5.74, 6) is 1.11. The monoisotopic (exact) mass is 443 g/mol. The molecule has 6 nitrogen and oxygen atoms in total. The van der Waals surface area contributed by atoms with E-state index in [1.165, 1.54) is 11.8 Å². The second-order valence-electron chi connectivity index (χ2n) is 6.50. The average Bonchev–Trinajstić information content (AvgIpc) is 3.38. The molecule has 1 fully saturated rings. The van der Waals surface area contributed by atoms with E-state index in [0.717, 1.165) is 44.8 Å². The van der Waals surface area contributed by atoms with Crippen molar-refractivity contribution in [1.82, 2.24) is 20.2 Å². The maximum absolute atomic E-state index is 12.3. The fourth-order valence-electron chi connectivity index (χ4n) is 2.77. The summed E-state index contributed by atoms with van der Waals surface area (Å²) in [6.45, 7) is 2.04. The molecule has 1 aliphatic rings. The Labute approximate surface area is 169 Å².